The Labute approximate surface area is 255 Å². The quantitative estimate of drug-likeness (QED) is 0.391. The molecule has 4 aliphatic heterocycles. The summed E-state index contributed by atoms with van der Waals surface area (Å²) in [5, 5.41) is 11.2. The highest BCUT2D eigenvalue weighted by Crippen LogP contribution is 2.65. The normalized spacial score (nSPS) is 32.2. The van der Waals surface area contributed by atoms with Gasteiger partial charge in [-0.1, -0.05) is 78.4 Å². The van der Waals surface area contributed by atoms with Crippen LogP contribution in [-0.4, -0.2) is 69.1 Å². The lowest BCUT2D eigenvalue weighted by molar-refractivity contribution is -0.154. The van der Waals surface area contributed by atoms with Crippen molar-refractivity contribution in [1.82, 2.24) is 4.90 Å². The number of ether oxygens (including phenoxy) is 1. The number of rotatable bonds is 5. The van der Waals surface area contributed by atoms with E-state index in [9.17, 15) is 19.5 Å². The first-order valence-corrected chi connectivity index (χ1v) is 15.7. The van der Waals surface area contributed by atoms with Crippen LogP contribution in [0.15, 0.2) is 72.8 Å². The van der Waals surface area contributed by atoms with Crippen molar-refractivity contribution in [2.45, 2.75) is 54.7 Å². The number of aryl methyl sites for hydroxylation is 1. The molecule has 2 saturated heterocycles. The van der Waals surface area contributed by atoms with Gasteiger partial charge in [-0.2, -0.15) is 0 Å². The summed E-state index contributed by atoms with van der Waals surface area (Å²) >= 11 is 8.17. The number of aliphatic hydroxyl groups is 1. The lowest BCUT2D eigenvalue weighted by Crippen LogP contribution is -2.57. The van der Waals surface area contributed by atoms with Gasteiger partial charge in [0, 0.05) is 11.3 Å². The molecule has 7 nitrogen and oxygen atoms in total. The smallest absolute Gasteiger partial charge is 0.311 e. The zero-order chi connectivity index (χ0) is 29.6. The number of likely N-dealkylation sites (tertiary alicyclic amines) is 1. The highest BCUT2D eigenvalue weighted by atomic mass is 35.5. The molecule has 2 aromatic rings. The molecule has 0 radical (unpaired) electrons. The lowest BCUT2D eigenvalue weighted by atomic mass is 9.74. The van der Waals surface area contributed by atoms with Crippen molar-refractivity contribution in [2.24, 2.45) is 11.8 Å². The Balaban J connectivity index is 1.52. The molecule has 6 atom stereocenters. The minimum Gasteiger partial charge on any atom is -0.465 e. The van der Waals surface area contributed by atoms with Crippen molar-refractivity contribution in [2.75, 3.05) is 24.7 Å². The van der Waals surface area contributed by atoms with Crippen molar-refractivity contribution in [1.29, 1.82) is 0 Å². The number of nitrogens with zero attached hydrogens (tertiary/aromatic N) is 2. The summed E-state index contributed by atoms with van der Waals surface area (Å²) < 4.78 is 3.91. The van der Waals surface area contributed by atoms with E-state index >= 15 is 0 Å². The summed E-state index contributed by atoms with van der Waals surface area (Å²) in [6.45, 7) is 4.09. The van der Waals surface area contributed by atoms with Crippen LogP contribution < -0.4 is 4.90 Å². The van der Waals surface area contributed by atoms with Crippen molar-refractivity contribution >= 4 is 46.8 Å². The van der Waals surface area contributed by atoms with Crippen LogP contribution >= 0.6 is 23.4 Å². The van der Waals surface area contributed by atoms with Crippen molar-refractivity contribution in [3.05, 3.63) is 89.0 Å². The number of aliphatic hydroxyl groups excluding tert-OH is 1. The van der Waals surface area contributed by atoms with Crippen molar-refractivity contribution < 1.29 is 24.2 Å². The number of hydrogen-bond acceptors (Lipinski definition) is 6. The van der Waals surface area contributed by atoms with Gasteiger partial charge in [0.05, 0.1) is 46.5 Å². The van der Waals surface area contributed by atoms with E-state index in [-0.39, 0.29) is 31.6 Å². The van der Waals surface area contributed by atoms with Crippen molar-refractivity contribution in [3.8, 4) is 0 Å². The summed E-state index contributed by atoms with van der Waals surface area (Å²) in [4.78, 5) is 46.6. The number of thioether (sulfide) groups is 1. The third-order valence-electron chi connectivity index (χ3n) is 9.06. The van der Waals surface area contributed by atoms with Crippen molar-refractivity contribution in [3.63, 3.8) is 0 Å². The van der Waals surface area contributed by atoms with E-state index < -0.39 is 39.4 Å². The molecule has 9 heteroatoms. The molecule has 2 amide bonds. The van der Waals surface area contributed by atoms with Gasteiger partial charge in [-0.25, -0.2) is 0 Å². The zero-order valence-electron chi connectivity index (χ0n) is 23.7. The van der Waals surface area contributed by atoms with Gasteiger partial charge in [0.25, 0.3) is 5.91 Å². The number of halogens is 1. The summed E-state index contributed by atoms with van der Waals surface area (Å²) in [6.07, 6.45) is 9.82. The molecule has 1 spiro atoms. The van der Waals surface area contributed by atoms with Gasteiger partial charge < -0.3 is 19.6 Å². The minimum atomic E-state index is -1.05. The SMILES string of the molecule is Cc1cccc(Cl)c1N1CC=C[C@]23S[C@]4(C)/C=C\CCCOC(=O)[C@@H]4[C@H]2C(=O)N([C@@H](CO)Cc2ccccc2)C3C1=O. The van der Waals surface area contributed by atoms with Gasteiger partial charge in [0.1, 0.15) is 6.04 Å². The van der Waals surface area contributed by atoms with Gasteiger partial charge in [-0.05, 0) is 50.3 Å². The van der Waals surface area contributed by atoms with Crippen LogP contribution in [0, 0.1) is 18.8 Å². The standard InChI is InChI=1S/C33H35ClN2O5S/c1-21-11-9-14-24(34)27(21)35-17-10-16-33-25(26-31(40)41-18-8-4-7-15-32(26,2)42-33)29(38)36(28(33)30(35)39)23(20-37)19-22-12-5-3-6-13-22/h3,5-7,9-16,23,25-26,28,37H,4,8,17-20H2,1-2H3/b15-7-/t23-,25+,26+,28?,32-,33+/m1/s1. The van der Waals surface area contributed by atoms with E-state index in [2.05, 4.69) is 6.08 Å². The van der Waals surface area contributed by atoms with Crippen LogP contribution in [0.2, 0.25) is 5.02 Å². The lowest BCUT2D eigenvalue weighted by Gasteiger charge is -2.40. The average molecular weight is 607 g/mol. The van der Waals surface area contributed by atoms with Crippen LogP contribution in [0.25, 0.3) is 0 Å². The Bertz CT molecular complexity index is 1440. The predicted molar refractivity (Wildman–Crippen MR) is 164 cm³/mol. The number of allylic oxidation sites excluding steroid dienone is 1. The molecule has 220 valence electrons. The second-order valence-electron chi connectivity index (χ2n) is 11.7. The molecular formula is C33H35ClN2O5S. The number of hydrogen-bond donors (Lipinski definition) is 1. The second kappa shape index (κ2) is 11.2. The summed E-state index contributed by atoms with van der Waals surface area (Å²) in [6, 6.07) is 13.5. The molecular weight excluding hydrogens is 572 g/mol. The number of benzene rings is 2. The maximum atomic E-state index is 14.9. The minimum absolute atomic E-state index is 0.265. The molecule has 0 aromatic heterocycles. The first kappa shape index (κ1) is 29.0. The topological polar surface area (TPSA) is 87.2 Å². The Morgan fingerprint density at radius 3 is 2.57 bits per heavy atom. The van der Waals surface area contributed by atoms with E-state index in [1.54, 1.807) is 15.9 Å². The van der Waals surface area contributed by atoms with Crippen LogP contribution in [0.3, 0.4) is 0 Å². The molecule has 4 heterocycles. The van der Waals surface area contributed by atoms with Gasteiger partial charge in [0.2, 0.25) is 5.91 Å². The fourth-order valence-corrected chi connectivity index (χ4v) is 9.73. The molecule has 1 N–H and O–H groups in total. The number of fused-ring (bicyclic) bond motifs is 2. The highest BCUT2D eigenvalue weighted by Gasteiger charge is 2.74. The second-order valence-corrected chi connectivity index (χ2v) is 13.9. The van der Waals surface area contributed by atoms with Crippen LogP contribution in [-0.2, 0) is 25.5 Å². The summed E-state index contributed by atoms with van der Waals surface area (Å²) in [7, 11) is 0. The molecule has 0 saturated carbocycles. The number of para-hydroxylation sites is 1. The Morgan fingerprint density at radius 2 is 1.83 bits per heavy atom. The van der Waals surface area contributed by atoms with Gasteiger partial charge in [-0.15, -0.1) is 11.8 Å². The van der Waals surface area contributed by atoms with Gasteiger partial charge >= 0.3 is 5.97 Å². The monoisotopic (exact) mass is 606 g/mol. The summed E-state index contributed by atoms with van der Waals surface area (Å²) in [5.74, 6) is -2.64. The molecule has 4 aliphatic rings. The van der Waals surface area contributed by atoms with E-state index in [4.69, 9.17) is 16.3 Å². The highest BCUT2D eigenvalue weighted by molar-refractivity contribution is 8.02. The molecule has 6 rings (SSSR count). The van der Waals surface area contributed by atoms with E-state index in [1.807, 2.05) is 74.5 Å². The fourth-order valence-electron chi connectivity index (χ4n) is 7.27. The van der Waals surface area contributed by atoms with E-state index in [0.29, 0.717) is 23.6 Å². The Morgan fingerprint density at radius 1 is 1.05 bits per heavy atom. The molecule has 1 unspecified atom stereocenters. The number of esters is 1. The largest absolute Gasteiger partial charge is 0.465 e. The Kier molecular flexibility index (Phi) is 7.75. The zero-order valence-corrected chi connectivity index (χ0v) is 25.3. The fraction of sp³-hybridized carbons (Fsp3) is 0.424. The number of anilines is 1. The predicted octanol–water partition coefficient (Wildman–Crippen LogP) is 4.74. The van der Waals surface area contributed by atoms with E-state index in [0.717, 1.165) is 17.5 Å². The van der Waals surface area contributed by atoms with Gasteiger partial charge in [-0.3, -0.25) is 14.4 Å². The van der Waals surface area contributed by atoms with Gasteiger partial charge in [0.15, 0.2) is 0 Å². The number of carbonyl (C=O) groups excluding carboxylic acids is 3. The molecule has 0 bridgehead atoms. The average Bonchev–Trinajstić information content (AvgIpc) is 3.32. The maximum absolute atomic E-state index is 14.9. The number of amides is 2. The Hall–Kier alpha value is -3.07. The van der Waals surface area contributed by atoms with Crippen LogP contribution in [0.4, 0.5) is 5.69 Å². The van der Waals surface area contributed by atoms with E-state index in [1.165, 1.54) is 11.8 Å². The molecule has 0 aliphatic carbocycles. The third kappa shape index (κ3) is 4.59. The van der Waals surface area contributed by atoms with Crippen LogP contribution in [0.5, 0.6) is 0 Å². The maximum Gasteiger partial charge on any atom is 0.311 e. The first-order chi connectivity index (χ1) is 20.2. The molecule has 2 aromatic carbocycles. The molecule has 42 heavy (non-hydrogen) atoms. The summed E-state index contributed by atoms with van der Waals surface area (Å²) in [5.41, 5.74) is 2.38. The first-order valence-electron chi connectivity index (χ1n) is 14.5. The van der Waals surface area contributed by atoms with Crippen LogP contribution in [0.1, 0.15) is 30.9 Å². The number of cyclic esters (lactones) is 1. The molecule has 2 fully saturated rings. The third-order valence-corrected chi connectivity index (χ3v) is 11.2. The number of carbonyl (C=O) groups is 3.